The number of carboxylic acids is 1. The molecule has 1 aromatic rings. The zero-order chi connectivity index (χ0) is 11.3. The number of aliphatic carboxylic acids is 1. The van der Waals surface area contributed by atoms with E-state index in [0.29, 0.717) is 0 Å². The lowest BCUT2D eigenvalue weighted by Crippen LogP contribution is -2.30. The number of aliphatic hydroxyl groups excluding tert-OH is 1. The molecule has 3 N–H and O–H groups in total. The number of furan rings is 1. The lowest BCUT2D eigenvalue weighted by atomic mass is 10.2. The Morgan fingerprint density at radius 1 is 1.67 bits per heavy atom. The van der Waals surface area contributed by atoms with E-state index in [1.54, 1.807) is 12.3 Å². The molecule has 0 spiro atoms. The van der Waals surface area contributed by atoms with E-state index in [1.165, 1.54) is 0 Å². The number of carbonyl (C=O) groups is 1. The summed E-state index contributed by atoms with van der Waals surface area (Å²) in [4.78, 5) is 10.3. The van der Waals surface area contributed by atoms with Crippen molar-refractivity contribution in [3.63, 3.8) is 0 Å². The predicted octanol–water partition coefficient (Wildman–Crippen LogP) is 0.766. The molecular formula is C10H15NO4. The van der Waals surface area contributed by atoms with Crippen molar-refractivity contribution in [2.24, 2.45) is 0 Å². The molecule has 15 heavy (non-hydrogen) atoms. The highest BCUT2D eigenvalue weighted by Crippen LogP contribution is 2.11. The molecule has 1 heterocycles. The van der Waals surface area contributed by atoms with Gasteiger partial charge in [-0.3, -0.25) is 4.79 Å². The average molecular weight is 213 g/mol. The first-order valence-corrected chi connectivity index (χ1v) is 4.76. The molecule has 0 aliphatic heterocycles. The Balaban J connectivity index is 2.28. The number of hydrogen-bond acceptors (Lipinski definition) is 4. The lowest BCUT2D eigenvalue weighted by molar-refractivity contribution is -0.139. The van der Waals surface area contributed by atoms with Gasteiger partial charge in [0.1, 0.15) is 5.76 Å². The minimum Gasteiger partial charge on any atom is -0.481 e. The van der Waals surface area contributed by atoms with Crippen molar-refractivity contribution < 1.29 is 19.4 Å². The van der Waals surface area contributed by atoms with Gasteiger partial charge in [-0.15, -0.1) is 0 Å². The molecule has 0 saturated heterocycles. The molecular weight excluding hydrogens is 198 g/mol. The maximum Gasteiger partial charge on any atom is 0.306 e. The van der Waals surface area contributed by atoms with E-state index in [1.807, 2.05) is 13.0 Å². The normalized spacial score (nSPS) is 14.8. The first-order valence-electron chi connectivity index (χ1n) is 4.76. The predicted molar refractivity (Wildman–Crippen MR) is 53.4 cm³/mol. The summed E-state index contributed by atoms with van der Waals surface area (Å²) < 4.78 is 5.15. The van der Waals surface area contributed by atoms with E-state index in [4.69, 9.17) is 9.52 Å². The molecule has 0 radical (unpaired) electrons. The van der Waals surface area contributed by atoms with Gasteiger partial charge in [0.05, 0.1) is 24.8 Å². The second-order valence-electron chi connectivity index (χ2n) is 3.40. The van der Waals surface area contributed by atoms with E-state index >= 15 is 0 Å². The van der Waals surface area contributed by atoms with Gasteiger partial charge in [-0.2, -0.15) is 0 Å². The third-order valence-electron chi connectivity index (χ3n) is 2.04. The van der Waals surface area contributed by atoms with Gasteiger partial charge in [0, 0.05) is 6.54 Å². The van der Waals surface area contributed by atoms with Gasteiger partial charge in [0.2, 0.25) is 0 Å². The highest BCUT2D eigenvalue weighted by molar-refractivity contribution is 5.67. The van der Waals surface area contributed by atoms with E-state index in [-0.39, 0.29) is 19.0 Å². The van der Waals surface area contributed by atoms with Crippen LogP contribution in [0.2, 0.25) is 0 Å². The second kappa shape index (κ2) is 5.53. The van der Waals surface area contributed by atoms with Gasteiger partial charge in [0.25, 0.3) is 0 Å². The minimum atomic E-state index is -1.00. The van der Waals surface area contributed by atoms with E-state index < -0.39 is 12.1 Å². The summed E-state index contributed by atoms with van der Waals surface area (Å²) >= 11 is 0. The van der Waals surface area contributed by atoms with Gasteiger partial charge in [-0.1, -0.05) is 0 Å². The van der Waals surface area contributed by atoms with Crippen LogP contribution in [0.1, 0.15) is 25.1 Å². The SMILES string of the molecule is C[C@H](NCC(O)CC(=O)O)c1ccco1. The van der Waals surface area contributed by atoms with Crippen LogP contribution >= 0.6 is 0 Å². The van der Waals surface area contributed by atoms with Gasteiger partial charge in [0.15, 0.2) is 0 Å². The molecule has 0 fully saturated rings. The van der Waals surface area contributed by atoms with Gasteiger partial charge in [-0.25, -0.2) is 0 Å². The Hall–Kier alpha value is -1.33. The summed E-state index contributed by atoms with van der Waals surface area (Å²) in [5.74, 6) is -0.243. The molecule has 0 aromatic carbocycles. The monoisotopic (exact) mass is 213 g/mol. The highest BCUT2D eigenvalue weighted by Gasteiger charge is 2.12. The Kier molecular flexibility index (Phi) is 4.33. The topological polar surface area (TPSA) is 82.7 Å². The summed E-state index contributed by atoms with van der Waals surface area (Å²) in [7, 11) is 0. The maximum atomic E-state index is 10.3. The molecule has 0 bridgehead atoms. The van der Waals surface area contributed by atoms with E-state index in [0.717, 1.165) is 5.76 Å². The van der Waals surface area contributed by atoms with Crippen LogP contribution in [0, 0.1) is 0 Å². The van der Waals surface area contributed by atoms with Crippen molar-refractivity contribution in [1.82, 2.24) is 5.32 Å². The fourth-order valence-electron chi connectivity index (χ4n) is 1.22. The van der Waals surface area contributed by atoms with Crippen LogP contribution < -0.4 is 5.32 Å². The molecule has 1 unspecified atom stereocenters. The van der Waals surface area contributed by atoms with Crippen molar-refractivity contribution in [3.05, 3.63) is 24.2 Å². The molecule has 0 aliphatic rings. The van der Waals surface area contributed by atoms with E-state index in [9.17, 15) is 9.90 Å². The molecule has 0 aliphatic carbocycles. The average Bonchev–Trinajstić information content (AvgIpc) is 2.65. The molecule has 84 valence electrons. The summed E-state index contributed by atoms with van der Waals surface area (Å²) in [6, 6.07) is 3.56. The zero-order valence-electron chi connectivity index (χ0n) is 8.51. The van der Waals surface area contributed by atoms with Gasteiger partial charge >= 0.3 is 5.97 Å². The Morgan fingerprint density at radius 2 is 2.40 bits per heavy atom. The van der Waals surface area contributed by atoms with Crippen LogP contribution in [0.4, 0.5) is 0 Å². The zero-order valence-corrected chi connectivity index (χ0v) is 8.51. The summed E-state index contributed by atoms with van der Waals surface area (Å²) in [5.41, 5.74) is 0. The third-order valence-corrected chi connectivity index (χ3v) is 2.04. The maximum absolute atomic E-state index is 10.3. The van der Waals surface area contributed by atoms with Crippen molar-refractivity contribution in [2.75, 3.05) is 6.54 Å². The smallest absolute Gasteiger partial charge is 0.306 e. The Bertz CT molecular complexity index is 296. The summed E-state index contributed by atoms with van der Waals surface area (Å²) in [6.45, 7) is 2.11. The second-order valence-corrected chi connectivity index (χ2v) is 3.40. The lowest BCUT2D eigenvalue weighted by Gasteiger charge is -2.14. The third kappa shape index (κ3) is 4.14. The quantitative estimate of drug-likeness (QED) is 0.650. The molecule has 5 nitrogen and oxygen atoms in total. The highest BCUT2D eigenvalue weighted by atomic mass is 16.4. The first-order chi connectivity index (χ1) is 7.09. The van der Waals surface area contributed by atoms with Crippen LogP contribution in [0.3, 0.4) is 0 Å². The van der Waals surface area contributed by atoms with Crippen molar-refractivity contribution in [2.45, 2.75) is 25.5 Å². The van der Waals surface area contributed by atoms with Crippen LogP contribution in [0.15, 0.2) is 22.8 Å². The van der Waals surface area contributed by atoms with Crippen LogP contribution in [0.25, 0.3) is 0 Å². The number of aliphatic hydroxyl groups is 1. The molecule has 1 aromatic heterocycles. The van der Waals surface area contributed by atoms with Crippen molar-refractivity contribution in [1.29, 1.82) is 0 Å². The van der Waals surface area contributed by atoms with Crippen LogP contribution in [-0.4, -0.2) is 28.8 Å². The first kappa shape index (κ1) is 11.7. The minimum absolute atomic E-state index is 0.0385. The standard InChI is InChI=1S/C10H15NO4/c1-7(9-3-2-4-15-9)11-6-8(12)5-10(13)14/h2-4,7-8,11-12H,5-6H2,1H3,(H,13,14)/t7-,8?/m0/s1. The molecule has 0 amide bonds. The number of carboxylic acid groups (broad SMARTS) is 1. The molecule has 1 rings (SSSR count). The molecule has 0 saturated carbocycles. The van der Waals surface area contributed by atoms with Crippen molar-refractivity contribution >= 4 is 5.97 Å². The number of nitrogens with one attached hydrogen (secondary N) is 1. The molecule has 5 heteroatoms. The fraction of sp³-hybridized carbons (Fsp3) is 0.500. The summed E-state index contributed by atoms with van der Waals surface area (Å²) in [6.07, 6.45) is 0.443. The van der Waals surface area contributed by atoms with Crippen LogP contribution in [-0.2, 0) is 4.79 Å². The molecule has 2 atom stereocenters. The Morgan fingerprint density at radius 3 is 2.93 bits per heavy atom. The van der Waals surface area contributed by atoms with E-state index in [2.05, 4.69) is 5.32 Å². The number of rotatable bonds is 6. The van der Waals surface area contributed by atoms with Gasteiger partial charge < -0.3 is 19.9 Å². The summed E-state index contributed by atoms with van der Waals surface area (Å²) in [5, 5.41) is 20.7. The van der Waals surface area contributed by atoms with Crippen molar-refractivity contribution in [3.8, 4) is 0 Å². The van der Waals surface area contributed by atoms with Gasteiger partial charge in [-0.05, 0) is 19.1 Å². The largest absolute Gasteiger partial charge is 0.481 e. The van der Waals surface area contributed by atoms with Crippen LogP contribution in [0.5, 0.6) is 0 Å². The number of hydrogen-bond donors (Lipinski definition) is 3. The Labute approximate surface area is 87.7 Å². The fourth-order valence-corrected chi connectivity index (χ4v) is 1.22.